The first-order valence-corrected chi connectivity index (χ1v) is 21.6. The van der Waals surface area contributed by atoms with Crippen LogP contribution in [-0.4, -0.2) is 0 Å². The Labute approximate surface area is 359 Å². The molecular formula is C62H38. The zero-order valence-electron chi connectivity index (χ0n) is 33.9. The van der Waals surface area contributed by atoms with Crippen LogP contribution in [0.4, 0.5) is 0 Å². The fourth-order valence-electron chi connectivity index (χ4n) is 10.4. The molecule has 0 aliphatic rings. The maximum atomic E-state index is 2.48. The molecule has 0 bridgehead atoms. The van der Waals surface area contributed by atoms with Gasteiger partial charge in [-0.2, -0.15) is 0 Å². The largest absolute Gasteiger partial charge is 0.0616 e. The first-order valence-electron chi connectivity index (χ1n) is 21.6. The number of hydrogen-bond donors (Lipinski definition) is 0. The predicted molar refractivity (Wildman–Crippen MR) is 268 cm³/mol. The van der Waals surface area contributed by atoms with Gasteiger partial charge in [-0.15, -0.1) is 0 Å². The van der Waals surface area contributed by atoms with Gasteiger partial charge in [0.15, 0.2) is 0 Å². The van der Waals surface area contributed by atoms with Crippen LogP contribution < -0.4 is 0 Å². The Morgan fingerprint density at radius 1 is 0.145 bits per heavy atom. The first-order chi connectivity index (χ1) is 30.7. The minimum Gasteiger partial charge on any atom is -0.0616 e. The van der Waals surface area contributed by atoms with E-state index < -0.39 is 0 Å². The Balaban J connectivity index is 1.25. The van der Waals surface area contributed by atoms with Crippen molar-refractivity contribution in [3.8, 4) is 44.5 Å². The summed E-state index contributed by atoms with van der Waals surface area (Å²) >= 11 is 0. The van der Waals surface area contributed by atoms with Gasteiger partial charge in [-0.05, 0) is 167 Å². The van der Waals surface area contributed by atoms with Gasteiger partial charge in [0.05, 0.1) is 0 Å². The Morgan fingerprint density at radius 3 is 0.790 bits per heavy atom. The van der Waals surface area contributed by atoms with E-state index in [1.807, 2.05) is 0 Å². The Kier molecular flexibility index (Phi) is 7.71. The van der Waals surface area contributed by atoms with Crippen LogP contribution in [0.3, 0.4) is 0 Å². The highest BCUT2D eigenvalue weighted by atomic mass is 14.3. The van der Waals surface area contributed by atoms with Crippen molar-refractivity contribution < 1.29 is 0 Å². The van der Waals surface area contributed by atoms with Crippen molar-refractivity contribution in [1.82, 2.24) is 0 Å². The monoisotopic (exact) mass is 782 g/mol. The number of rotatable bonds is 4. The molecule has 62 heavy (non-hydrogen) atoms. The molecule has 0 nitrogen and oxygen atoms in total. The lowest BCUT2D eigenvalue weighted by Gasteiger charge is -2.23. The highest BCUT2D eigenvalue weighted by Crippen LogP contribution is 2.51. The van der Waals surface area contributed by atoms with Crippen LogP contribution in [0.25, 0.3) is 131 Å². The second kappa shape index (κ2) is 13.7. The predicted octanol–water partition coefficient (Wildman–Crippen LogP) is 17.6. The quantitative estimate of drug-likeness (QED) is 0.156. The highest BCUT2D eigenvalue weighted by molar-refractivity contribution is 6.31. The molecule has 0 N–H and O–H groups in total. The smallest absolute Gasteiger partial charge is 0.00137 e. The molecule has 0 saturated carbocycles. The van der Waals surface area contributed by atoms with E-state index in [1.165, 1.54) is 131 Å². The van der Waals surface area contributed by atoms with Crippen LogP contribution in [0.2, 0.25) is 0 Å². The van der Waals surface area contributed by atoms with E-state index in [-0.39, 0.29) is 0 Å². The van der Waals surface area contributed by atoms with Crippen LogP contribution in [0.1, 0.15) is 0 Å². The molecule has 0 aliphatic heterocycles. The first kappa shape index (κ1) is 34.8. The third-order valence-corrected chi connectivity index (χ3v) is 13.3. The summed E-state index contributed by atoms with van der Waals surface area (Å²) in [6.07, 6.45) is 0. The van der Waals surface area contributed by atoms with Crippen molar-refractivity contribution in [1.29, 1.82) is 0 Å². The molecular weight excluding hydrogens is 745 g/mol. The molecule has 0 unspecified atom stereocenters. The highest BCUT2D eigenvalue weighted by Gasteiger charge is 2.24. The van der Waals surface area contributed by atoms with Crippen molar-refractivity contribution in [3.05, 3.63) is 231 Å². The Morgan fingerprint density at radius 2 is 0.419 bits per heavy atom. The molecule has 0 amide bonds. The summed E-state index contributed by atoms with van der Waals surface area (Å²) < 4.78 is 0. The number of hydrogen-bond acceptors (Lipinski definition) is 0. The summed E-state index contributed by atoms with van der Waals surface area (Å²) in [6.45, 7) is 0. The third kappa shape index (κ3) is 5.40. The third-order valence-electron chi connectivity index (χ3n) is 13.3. The summed E-state index contributed by atoms with van der Waals surface area (Å²) in [5, 5.41) is 19.9. The van der Waals surface area contributed by atoms with Gasteiger partial charge in [-0.1, -0.05) is 194 Å². The summed E-state index contributed by atoms with van der Waals surface area (Å²) in [5.74, 6) is 0. The van der Waals surface area contributed by atoms with E-state index in [0.717, 1.165) is 0 Å². The van der Waals surface area contributed by atoms with Crippen LogP contribution in [0.5, 0.6) is 0 Å². The standard InChI is InChI=1S/C62H38/c1-3-15-41-33-43(27-25-39(41)13-1)45-29-31-55-57(37-45)61(59-51-21-9-5-17-47(51)35-48-18-6-10-22-52(48)59)56-32-30-46(44-28-26-40-14-2-4-16-42(40)34-44)38-58(56)62(55)60-53-23-11-7-19-49(53)36-50-20-8-12-24-54(50)60/h1-38H. The van der Waals surface area contributed by atoms with Gasteiger partial charge in [-0.25, -0.2) is 0 Å². The zero-order chi connectivity index (χ0) is 40.7. The van der Waals surface area contributed by atoms with Crippen molar-refractivity contribution in [2.24, 2.45) is 0 Å². The van der Waals surface area contributed by atoms with Crippen LogP contribution in [0, 0.1) is 0 Å². The van der Waals surface area contributed by atoms with Crippen molar-refractivity contribution in [2.75, 3.05) is 0 Å². The minimum atomic E-state index is 1.20. The average molecular weight is 783 g/mol. The Bertz CT molecular complexity index is 3610. The van der Waals surface area contributed by atoms with Gasteiger partial charge in [0.25, 0.3) is 0 Å². The van der Waals surface area contributed by atoms with Gasteiger partial charge < -0.3 is 0 Å². The molecule has 0 heteroatoms. The maximum Gasteiger partial charge on any atom is -0.00137 e. The second-order valence-electron chi connectivity index (χ2n) is 16.8. The van der Waals surface area contributed by atoms with Crippen molar-refractivity contribution in [2.45, 2.75) is 0 Å². The summed E-state index contributed by atoms with van der Waals surface area (Å²) in [6, 6.07) is 86.1. The SMILES string of the molecule is c1ccc2cc(-c3ccc4c(-c5c6ccccc6cc6ccccc56)c5cc(-c6ccc7ccccc7c6)ccc5c(-c5c6ccccc6cc6ccccc56)c4c3)ccc2c1. The van der Waals surface area contributed by atoms with Crippen LogP contribution in [-0.2, 0) is 0 Å². The van der Waals surface area contributed by atoms with Gasteiger partial charge in [0.2, 0.25) is 0 Å². The topological polar surface area (TPSA) is 0 Å². The molecule has 13 aromatic rings. The van der Waals surface area contributed by atoms with Gasteiger partial charge in [0, 0.05) is 0 Å². The van der Waals surface area contributed by atoms with E-state index in [1.54, 1.807) is 0 Å². The summed E-state index contributed by atoms with van der Waals surface area (Å²) in [7, 11) is 0. The van der Waals surface area contributed by atoms with Crippen molar-refractivity contribution in [3.63, 3.8) is 0 Å². The molecule has 0 spiro atoms. The molecule has 0 aliphatic carbocycles. The van der Waals surface area contributed by atoms with E-state index in [9.17, 15) is 0 Å². The van der Waals surface area contributed by atoms with Crippen LogP contribution in [0.15, 0.2) is 231 Å². The lowest BCUT2D eigenvalue weighted by atomic mass is 9.80. The molecule has 13 aromatic carbocycles. The lowest BCUT2D eigenvalue weighted by molar-refractivity contribution is 1.66. The maximum absolute atomic E-state index is 2.48. The molecule has 0 radical (unpaired) electrons. The molecule has 286 valence electrons. The van der Waals surface area contributed by atoms with Gasteiger partial charge in [-0.3, -0.25) is 0 Å². The van der Waals surface area contributed by atoms with E-state index in [4.69, 9.17) is 0 Å². The van der Waals surface area contributed by atoms with Gasteiger partial charge >= 0.3 is 0 Å². The fourth-order valence-corrected chi connectivity index (χ4v) is 10.4. The second-order valence-corrected chi connectivity index (χ2v) is 16.8. The molecule has 0 atom stereocenters. The lowest BCUT2D eigenvalue weighted by Crippen LogP contribution is -1.95. The van der Waals surface area contributed by atoms with Gasteiger partial charge in [0.1, 0.15) is 0 Å². The molecule has 0 fully saturated rings. The van der Waals surface area contributed by atoms with E-state index in [2.05, 4.69) is 231 Å². The summed E-state index contributed by atoms with van der Waals surface area (Å²) in [4.78, 5) is 0. The average Bonchev–Trinajstić information content (AvgIpc) is 3.34. The fraction of sp³-hybridized carbons (Fsp3) is 0. The normalized spacial score (nSPS) is 11.9. The van der Waals surface area contributed by atoms with E-state index >= 15 is 0 Å². The summed E-state index contributed by atoms with van der Waals surface area (Å²) in [5.41, 5.74) is 9.92. The zero-order valence-corrected chi connectivity index (χ0v) is 33.9. The molecule has 0 aromatic heterocycles. The van der Waals surface area contributed by atoms with Crippen molar-refractivity contribution >= 4 is 86.2 Å². The molecule has 0 saturated heterocycles. The van der Waals surface area contributed by atoms with E-state index in [0.29, 0.717) is 0 Å². The molecule has 0 heterocycles. The Hall–Kier alpha value is -8.06. The number of fused-ring (bicyclic) bond motifs is 8. The number of benzene rings is 13. The van der Waals surface area contributed by atoms with Crippen LogP contribution >= 0.6 is 0 Å². The minimum absolute atomic E-state index is 1.20. The molecule has 13 rings (SSSR count).